The molecule has 2 heterocycles. The molecule has 0 aliphatic heterocycles. The molecule has 0 saturated heterocycles. The summed E-state index contributed by atoms with van der Waals surface area (Å²) in [5.74, 6) is -0.246. The molecule has 1 aromatic carbocycles. The summed E-state index contributed by atoms with van der Waals surface area (Å²) in [7, 11) is 0. The number of hydrogen-bond donors (Lipinski definition) is 4. The van der Waals surface area contributed by atoms with Crippen molar-refractivity contribution in [1.82, 2.24) is 19.5 Å². The van der Waals surface area contributed by atoms with E-state index in [1.165, 1.54) is 6.07 Å². The lowest BCUT2D eigenvalue weighted by atomic mass is 9.73. The number of carbonyl (C=O) groups excluding carboxylic acids is 1. The van der Waals surface area contributed by atoms with Gasteiger partial charge in [0.15, 0.2) is 5.65 Å². The minimum Gasteiger partial charge on any atom is -0.393 e. The number of nitrogens with zero attached hydrogens (tertiary/aromatic N) is 5. The number of nitrogens with two attached hydrogens (primary N) is 1. The molecule has 2 saturated carbocycles. The van der Waals surface area contributed by atoms with Gasteiger partial charge in [-0.15, -0.1) is 0 Å². The summed E-state index contributed by atoms with van der Waals surface area (Å²) in [5.41, 5.74) is 6.25. The standard InChI is InChI=1S/C26H30ClFN8O2/c1-26(23(30)38)7-5-16(6-8-26)36-22-20(13-31-24(35-22)32-15-3-2-4-17(37)11-15)33-25(36)34-21-18(27)9-14(12-29)10-19(21)28/h9-10,13,15-17,37H,2-8,11H2,1H3,(H2,30,38)(H,33,34)(H,31,32,35)/t15-,16?,17-,26?/m0/s1. The predicted molar refractivity (Wildman–Crippen MR) is 141 cm³/mol. The first-order chi connectivity index (χ1) is 18.2. The Hall–Kier alpha value is -3.49. The summed E-state index contributed by atoms with van der Waals surface area (Å²) in [5, 5.41) is 25.6. The SMILES string of the molecule is CC1(C(N)=O)CCC(n2c(Nc3c(F)cc(C#N)cc3Cl)nc3cnc(N[C@H]4CCC[C@H](O)C4)nc32)CC1. The van der Waals surface area contributed by atoms with Crippen LogP contribution < -0.4 is 16.4 Å². The first-order valence-corrected chi connectivity index (χ1v) is 13.2. The van der Waals surface area contributed by atoms with Gasteiger partial charge < -0.3 is 21.5 Å². The van der Waals surface area contributed by atoms with Crippen LogP contribution in [0.1, 0.15) is 69.9 Å². The number of nitrogens with one attached hydrogen (secondary N) is 2. The van der Waals surface area contributed by atoms with Crippen molar-refractivity contribution < 1.29 is 14.3 Å². The third-order valence-corrected chi connectivity index (χ3v) is 8.14. The Balaban J connectivity index is 1.53. The van der Waals surface area contributed by atoms with Crippen LogP contribution in [0, 0.1) is 22.6 Å². The molecule has 5 N–H and O–H groups in total. The number of primary amides is 1. The summed E-state index contributed by atoms with van der Waals surface area (Å²) in [6, 6.07) is 4.36. The van der Waals surface area contributed by atoms with Gasteiger partial charge >= 0.3 is 0 Å². The Bertz CT molecular complexity index is 1390. The fourth-order valence-corrected chi connectivity index (χ4v) is 5.74. The van der Waals surface area contributed by atoms with Crippen LogP contribution in [-0.4, -0.2) is 42.7 Å². The molecule has 0 bridgehead atoms. The minimum atomic E-state index is -0.679. The van der Waals surface area contributed by atoms with Crippen LogP contribution in [0.4, 0.5) is 22.0 Å². The average molecular weight is 541 g/mol. The van der Waals surface area contributed by atoms with Crippen LogP contribution in [0.2, 0.25) is 5.02 Å². The molecule has 38 heavy (non-hydrogen) atoms. The smallest absolute Gasteiger partial charge is 0.224 e. The molecule has 12 heteroatoms. The molecule has 2 aromatic heterocycles. The molecule has 2 aliphatic rings. The molecule has 3 aromatic rings. The van der Waals surface area contributed by atoms with Gasteiger partial charge in [0, 0.05) is 17.5 Å². The van der Waals surface area contributed by atoms with Gasteiger partial charge in [-0.2, -0.15) is 10.2 Å². The minimum absolute atomic E-state index is 0.00232. The molecule has 2 fully saturated rings. The summed E-state index contributed by atoms with van der Waals surface area (Å²) >= 11 is 6.32. The van der Waals surface area contributed by atoms with Gasteiger partial charge in [0.05, 0.1) is 34.6 Å². The Morgan fingerprint density at radius 2 is 2.05 bits per heavy atom. The van der Waals surface area contributed by atoms with E-state index < -0.39 is 11.2 Å². The van der Waals surface area contributed by atoms with Crippen LogP contribution >= 0.6 is 11.6 Å². The number of imidazole rings is 1. The number of aliphatic hydroxyl groups is 1. The molecule has 1 amide bonds. The lowest BCUT2D eigenvalue weighted by Gasteiger charge is -2.35. The topological polar surface area (TPSA) is 155 Å². The van der Waals surface area contributed by atoms with Crippen molar-refractivity contribution in [1.29, 1.82) is 5.26 Å². The molecule has 2 atom stereocenters. The van der Waals surface area contributed by atoms with Gasteiger partial charge in [-0.25, -0.2) is 14.4 Å². The highest BCUT2D eigenvalue weighted by molar-refractivity contribution is 6.33. The number of nitriles is 1. The van der Waals surface area contributed by atoms with E-state index in [2.05, 4.69) is 20.6 Å². The number of anilines is 3. The predicted octanol–water partition coefficient (Wildman–Crippen LogP) is 4.56. The van der Waals surface area contributed by atoms with E-state index >= 15 is 0 Å². The number of fused-ring (bicyclic) bond motifs is 1. The van der Waals surface area contributed by atoms with Crippen LogP contribution in [0.5, 0.6) is 0 Å². The van der Waals surface area contributed by atoms with E-state index in [9.17, 15) is 14.3 Å². The van der Waals surface area contributed by atoms with Gasteiger partial charge in [-0.3, -0.25) is 9.36 Å². The quantitative estimate of drug-likeness (QED) is 0.355. The van der Waals surface area contributed by atoms with Crippen molar-refractivity contribution in [3.63, 3.8) is 0 Å². The highest BCUT2D eigenvalue weighted by atomic mass is 35.5. The normalized spacial score (nSPS) is 25.6. The van der Waals surface area contributed by atoms with Crippen molar-refractivity contribution in [2.45, 2.75) is 76.5 Å². The molecule has 5 rings (SSSR count). The zero-order valence-electron chi connectivity index (χ0n) is 21.0. The maximum atomic E-state index is 14.9. The van der Waals surface area contributed by atoms with Gasteiger partial charge in [-0.05, 0) is 63.5 Å². The van der Waals surface area contributed by atoms with E-state index in [0.29, 0.717) is 55.2 Å². The highest BCUT2D eigenvalue weighted by Gasteiger charge is 2.38. The second-order valence-corrected chi connectivity index (χ2v) is 11.0. The van der Waals surface area contributed by atoms with Crippen LogP contribution in [-0.2, 0) is 4.79 Å². The zero-order chi connectivity index (χ0) is 27.0. The lowest BCUT2D eigenvalue weighted by Crippen LogP contribution is -2.38. The number of hydrogen-bond acceptors (Lipinski definition) is 8. The van der Waals surface area contributed by atoms with E-state index in [0.717, 1.165) is 25.3 Å². The average Bonchev–Trinajstić information content (AvgIpc) is 3.23. The fourth-order valence-electron chi connectivity index (χ4n) is 5.49. The summed E-state index contributed by atoms with van der Waals surface area (Å²) < 4.78 is 16.8. The maximum absolute atomic E-state index is 14.9. The first kappa shape index (κ1) is 26.1. The summed E-state index contributed by atoms with van der Waals surface area (Å²) in [4.78, 5) is 25.9. The lowest BCUT2D eigenvalue weighted by molar-refractivity contribution is -0.128. The fraction of sp³-hybridized carbons (Fsp3) is 0.500. The van der Waals surface area contributed by atoms with Gasteiger partial charge in [0.1, 0.15) is 11.3 Å². The first-order valence-electron chi connectivity index (χ1n) is 12.8. The monoisotopic (exact) mass is 540 g/mol. The van der Waals surface area contributed by atoms with E-state index in [4.69, 9.17) is 27.6 Å². The van der Waals surface area contributed by atoms with Crippen LogP contribution in [0.25, 0.3) is 11.2 Å². The number of benzene rings is 1. The highest BCUT2D eigenvalue weighted by Crippen LogP contribution is 2.43. The third kappa shape index (κ3) is 5.11. The molecule has 0 unspecified atom stereocenters. The molecule has 200 valence electrons. The number of aromatic nitrogens is 4. The van der Waals surface area contributed by atoms with Gasteiger partial charge in [-0.1, -0.05) is 18.5 Å². The van der Waals surface area contributed by atoms with Gasteiger partial charge in [0.2, 0.25) is 17.8 Å². The Labute approximate surface area is 224 Å². The molecule has 0 spiro atoms. The number of carbonyl (C=O) groups is 1. The molecule has 10 nitrogen and oxygen atoms in total. The maximum Gasteiger partial charge on any atom is 0.224 e. The van der Waals surface area contributed by atoms with Crippen LogP contribution in [0.15, 0.2) is 18.3 Å². The number of rotatable bonds is 6. The molecule has 2 aliphatic carbocycles. The largest absolute Gasteiger partial charge is 0.393 e. The van der Waals surface area contributed by atoms with E-state index in [-0.39, 0.29) is 40.4 Å². The number of amides is 1. The number of halogens is 2. The van der Waals surface area contributed by atoms with Crippen molar-refractivity contribution in [3.8, 4) is 6.07 Å². The van der Waals surface area contributed by atoms with Crippen molar-refractivity contribution in [2.75, 3.05) is 10.6 Å². The van der Waals surface area contributed by atoms with Crippen molar-refractivity contribution in [3.05, 3.63) is 34.7 Å². The molecular weight excluding hydrogens is 511 g/mol. The Morgan fingerprint density at radius 3 is 2.71 bits per heavy atom. The zero-order valence-corrected chi connectivity index (χ0v) is 21.8. The van der Waals surface area contributed by atoms with Gasteiger partial charge in [0.25, 0.3) is 0 Å². The van der Waals surface area contributed by atoms with Crippen molar-refractivity contribution >= 4 is 46.3 Å². The third-order valence-electron chi connectivity index (χ3n) is 7.84. The number of aliphatic hydroxyl groups excluding tert-OH is 1. The van der Waals surface area contributed by atoms with E-state index in [1.807, 2.05) is 17.6 Å². The second kappa shape index (κ2) is 10.3. The summed E-state index contributed by atoms with van der Waals surface area (Å²) in [6.45, 7) is 1.88. The second-order valence-electron chi connectivity index (χ2n) is 10.6. The molecule has 0 radical (unpaired) electrons. The van der Waals surface area contributed by atoms with Crippen molar-refractivity contribution in [2.24, 2.45) is 11.1 Å². The van der Waals surface area contributed by atoms with Crippen LogP contribution in [0.3, 0.4) is 0 Å². The molecular formula is C26H30ClFN8O2. The van der Waals surface area contributed by atoms with E-state index in [1.54, 1.807) is 6.20 Å². The Kier molecular flexibility index (Phi) is 7.11. The summed E-state index contributed by atoms with van der Waals surface area (Å²) in [6.07, 6.45) is 6.98. The Morgan fingerprint density at radius 1 is 1.29 bits per heavy atom.